The number of amides is 1. The third-order valence-corrected chi connectivity index (χ3v) is 6.13. The molecule has 6 nitrogen and oxygen atoms in total. The number of hydrogen-bond acceptors (Lipinski definition) is 5. The molecule has 0 bridgehead atoms. The fourth-order valence-corrected chi connectivity index (χ4v) is 4.38. The Labute approximate surface area is 205 Å². The van der Waals surface area contributed by atoms with Crippen LogP contribution in [0, 0.1) is 0 Å². The maximum Gasteiger partial charge on any atom is 0.340 e. The number of pyridine rings is 1. The number of esters is 1. The molecule has 0 unspecified atom stereocenters. The molecule has 7 heteroatoms. The van der Waals surface area contributed by atoms with Crippen LogP contribution in [0.3, 0.4) is 0 Å². The molecule has 0 saturated heterocycles. The summed E-state index contributed by atoms with van der Waals surface area (Å²) in [7, 11) is 0. The SMILES string of the molecule is O=C(OCC(=O)N1N=C(c2ccc3ccccc3c2)C[C@@H]1c1ccccc1)c1cncc(Br)c1. The summed E-state index contributed by atoms with van der Waals surface area (Å²) in [6, 6.07) is 25.4. The van der Waals surface area contributed by atoms with E-state index in [-0.39, 0.29) is 17.5 Å². The highest BCUT2D eigenvalue weighted by atomic mass is 79.9. The van der Waals surface area contributed by atoms with Gasteiger partial charge in [-0.15, -0.1) is 0 Å². The van der Waals surface area contributed by atoms with Crippen LogP contribution in [0.5, 0.6) is 0 Å². The molecule has 3 aromatic carbocycles. The van der Waals surface area contributed by atoms with Gasteiger partial charge in [0.1, 0.15) is 0 Å². The Bertz CT molecular complexity index is 1400. The second-order valence-electron chi connectivity index (χ2n) is 7.95. The van der Waals surface area contributed by atoms with Gasteiger partial charge in [-0.3, -0.25) is 9.78 Å². The summed E-state index contributed by atoms with van der Waals surface area (Å²) in [5, 5.41) is 8.37. The monoisotopic (exact) mass is 513 g/mol. The number of carbonyl (C=O) groups excluding carboxylic acids is 2. The summed E-state index contributed by atoms with van der Waals surface area (Å²) in [6.07, 6.45) is 3.54. The van der Waals surface area contributed by atoms with Crippen molar-refractivity contribution in [1.29, 1.82) is 0 Å². The zero-order valence-corrected chi connectivity index (χ0v) is 19.7. The van der Waals surface area contributed by atoms with Gasteiger partial charge in [0, 0.05) is 23.3 Å². The lowest BCUT2D eigenvalue weighted by molar-refractivity contribution is -0.136. The summed E-state index contributed by atoms with van der Waals surface area (Å²) in [5.41, 5.74) is 3.02. The smallest absolute Gasteiger partial charge is 0.340 e. The van der Waals surface area contributed by atoms with Crippen LogP contribution < -0.4 is 0 Å². The average Bonchev–Trinajstić information content (AvgIpc) is 3.33. The van der Waals surface area contributed by atoms with Crippen LogP contribution in [0.4, 0.5) is 0 Å². The van der Waals surface area contributed by atoms with E-state index < -0.39 is 12.6 Å². The second-order valence-corrected chi connectivity index (χ2v) is 8.86. The van der Waals surface area contributed by atoms with Crippen LogP contribution in [0.15, 0.2) is 101 Å². The summed E-state index contributed by atoms with van der Waals surface area (Å²) < 4.78 is 5.93. The Kier molecular flexibility index (Phi) is 6.18. The number of aromatic nitrogens is 1. The van der Waals surface area contributed by atoms with Gasteiger partial charge in [0.15, 0.2) is 6.61 Å². The molecule has 0 N–H and O–H groups in total. The molecular formula is C27H20BrN3O3. The van der Waals surface area contributed by atoms with Crippen LogP contribution in [-0.4, -0.2) is 34.2 Å². The summed E-state index contributed by atoms with van der Waals surface area (Å²) in [5.74, 6) is -1.00. The topological polar surface area (TPSA) is 71.9 Å². The standard InChI is InChI=1S/C27H20BrN3O3/c28-23-13-22(15-29-16-23)27(33)34-17-26(32)31-25(19-7-2-1-3-8-19)14-24(30-31)21-11-10-18-6-4-5-9-20(18)12-21/h1-13,15-16,25H,14,17H2/t25-/m1/s1. The molecule has 2 heterocycles. The minimum Gasteiger partial charge on any atom is -0.452 e. The first-order chi connectivity index (χ1) is 16.6. The van der Waals surface area contributed by atoms with Crippen molar-refractivity contribution in [3.05, 3.63) is 112 Å². The van der Waals surface area contributed by atoms with E-state index >= 15 is 0 Å². The van der Waals surface area contributed by atoms with Gasteiger partial charge < -0.3 is 4.74 Å². The molecule has 0 saturated carbocycles. The fraction of sp³-hybridized carbons (Fsp3) is 0.111. The minimum atomic E-state index is -0.614. The Hall–Kier alpha value is -3.84. The first kappa shape index (κ1) is 22.0. The van der Waals surface area contributed by atoms with E-state index in [4.69, 9.17) is 4.74 Å². The Morgan fingerprint density at radius 2 is 1.71 bits per heavy atom. The van der Waals surface area contributed by atoms with Crippen LogP contribution in [0.2, 0.25) is 0 Å². The average molecular weight is 514 g/mol. The minimum absolute atomic E-state index is 0.267. The van der Waals surface area contributed by atoms with Gasteiger partial charge in [-0.25, -0.2) is 9.80 Å². The van der Waals surface area contributed by atoms with Gasteiger partial charge in [0.2, 0.25) is 0 Å². The van der Waals surface area contributed by atoms with E-state index in [0.29, 0.717) is 10.9 Å². The van der Waals surface area contributed by atoms with Gasteiger partial charge in [-0.2, -0.15) is 5.10 Å². The molecule has 0 spiro atoms. The zero-order chi connectivity index (χ0) is 23.5. The molecule has 34 heavy (non-hydrogen) atoms. The van der Waals surface area contributed by atoms with Gasteiger partial charge in [-0.1, -0.05) is 66.7 Å². The van der Waals surface area contributed by atoms with Crippen LogP contribution in [-0.2, 0) is 9.53 Å². The number of carbonyl (C=O) groups is 2. The maximum absolute atomic E-state index is 13.1. The van der Waals surface area contributed by atoms with Crippen molar-refractivity contribution >= 4 is 44.3 Å². The predicted molar refractivity (Wildman–Crippen MR) is 133 cm³/mol. The van der Waals surface area contributed by atoms with Crippen molar-refractivity contribution in [2.45, 2.75) is 12.5 Å². The lowest BCUT2D eigenvalue weighted by Gasteiger charge is -2.21. The molecule has 168 valence electrons. The van der Waals surface area contributed by atoms with Crippen molar-refractivity contribution in [3.63, 3.8) is 0 Å². The van der Waals surface area contributed by atoms with E-state index in [1.54, 1.807) is 12.3 Å². The molecule has 0 fully saturated rings. The molecule has 5 rings (SSSR count). The Morgan fingerprint density at radius 1 is 0.941 bits per heavy atom. The lowest BCUT2D eigenvalue weighted by Crippen LogP contribution is -2.31. The van der Waals surface area contributed by atoms with Gasteiger partial charge in [0.05, 0.1) is 17.3 Å². The predicted octanol–water partition coefficient (Wildman–Crippen LogP) is 5.53. The van der Waals surface area contributed by atoms with Gasteiger partial charge in [0.25, 0.3) is 5.91 Å². The molecule has 1 amide bonds. The van der Waals surface area contributed by atoms with E-state index in [2.05, 4.69) is 50.3 Å². The largest absolute Gasteiger partial charge is 0.452 e. The van der Waals surface area contributed by atoms with Gasteiger partial charge in [-0.05, 0) is 50.0 Å². The number of rotatable bonds is 5. The number of hydrazone groups is 1. The molecule has 0 radical (unpaired) electrons. The highest BCUT2D eigenvalue weighted by molar-refractivity contribution is 9.10. The van der Waals surface area contributed by atoms with Crippen molar-refractivity contribution in [2.75, 3.05) is 6.61 Å². The quantitative estimate of drug-likeness (QED) is 0.329. The fourth-order valence-electron chi connectivity index (χ4n) is 4.02. The molecule has 0 aliphatic carbocycles. The zero-order valence-electron chi connectivity index (χ0n) is 18.1. The third-order valence-electron chi connectivity index (χ3n) is 5.70. The van der Waals surface area contributed by atoms with E-state index in [1.165, 1.54) is 11.2 Å². The lowest BCUT2D eigenvalue weighted by atomic mass is 9.97. The first-order valence-electron chi connectivity index (χ1n) is 10.8. The number of hydrogen-bond donors (Lipinski definition) is 0. The molecule has 1 atom stereocenters. The summed E-state index contributed by atoms with van der Waals surface area (Å²) in [4.78, 5) is 29.5. The molecule has 4 aromatic rings. The van der Waals surface area contributed by atoms with Crippen LogP contribution >= 0.6 is 15.9 Å². The summed E-state index contributed by atoms with van der Waals surface area (Å²) >= 11 is 3.28. The number of nitrogens with zero attached hydrogens (tertiary/aromatic N) is 3. The Balaban J connectivity index is 1.40. The number of ether oxygens (including phenoxy) is 1. The molecular weight excluding hydrogens is 494 g/mol. The Morgan fingerprint density at radius 3 is 2.50 bits per heavy atom. The van der Waals surface area contributed by atoms with Crippen molar-refractivity contribution in [1.82, 2.24) is 9.99 Å². The normalized spacial score (nSPS) is 15.3. The molecule has 1 aliphatic heterocycles. The van der Waals surface area contributed by atoms with Crippen molar-refractivity contribution in [3.8, 4) is 0 Å². The second kappa shape index (κ2) is 9.57. The van der Waals surface area contributed by atoms with Crippen LogP contribution in [0.1, 0.15) is 33.9 Å². The number of benzene rings is 3. The highest BCUT2D eigenvalue weighted by Crippen LogP contribution is 2.33. The van der Waals surface area contributed by atoms with E-state index in [1.807, 2.05) is 48.5 Å². The van der Waals surface area contributed by atoms with E-state index in [9.17, 15) is 9.59 Å². The first-order valence-corrected chi connectivity index (χ1v) is 11.6. The van der Waals surface area contributed by atoms with Crippen LogP contribution in [0.25, 0.3) is 10.8 Å². The maximum atomic E-state index is 13.1. The van der Waals surface area contributed by atoms with Crippen molar-refractivity contribution in [2.24, 2.45) is 5.10 Å². The van der Waals surface area contributed by atoms with E-state index in [0.717, 1.165) is 27.6 Å². The number of fused-ring (bicyclic) bond motifs is 1. The molecule has 1 aliphatic rings. The number of halogens is 1. The molecule has 1 aromatic heterocycles. The van der Waals surface area contributed by atoms with Crippen molar-refractivity contribution < 1.29 is 14.3 Å². The third kappa shape index (κ3) is 4.61. The highest BCUT2D eigenvalue weighted by Gasteiger charge is 2.33. The summed E-state index contributed by atoms with van der Waals surface area (Å²) in [6.45, 7) is -0.414. The van der Waals surface area contributed by atoms with Gasteiger partial charge >= 0.3 is 5.97 Å².